The van der Waals surface area contributed by atoms with Gasteiger partial charge < -0.3 is 15.1 Å². The lowest BCUT2D eigenvalue weighted by Crippen LogP contribution is -2.53. The maximum Gasteiger partial charge on any atom is 0.317 e. The molecular weight excluding hydrogens is 418 g/mol. The van der Waals surface area contributed by atoms with Crippen LogP contribution in [0, 0.1) is 5.92 Å². The molecule has 1 N–H and O–H groups in total. The number of nitrogens with zero attached hydrogens (tertiary/aromatic N) is 4. The molecule has 3 fully saturated rings. The quantitative estimate of drug-likeness (QED) is 0.747. The highest BCUT2D eigenvalue weighted by molar-refractivity contribution is 7.91. The first-order valence-corrected chi connectivity index (χ1v) is 12.7. The molecule has 3 heterocycles. The van der Waals surface area contributed by atoms with E-state index in [1.54, 1.807) is 15.8 Å². The Morgan fingerprint density at radius 1 is 1.13 bits per heavy atom. The fourth-order valence-corrected chi connectivity index (χ4v) is 6.07. The van der Waals surface area contributed by atoms with Gasteiger partial charge in [0.05, 0.1) is 28.7 Å². The standard InChI is InChI=1S/C21H27N5O4S/c27-20-18-4-3-17(11-19(18)22-14-26(20)12-15-1-2-15)24-6-8-25(9-7-24)21(28)23-16-5-10-31(29,30)13-16/h3-4,11,14-16H,1-2,5-10,12-13H2,(H,23,28). The maximum absolute atomic E-state index is 12.7. The molecule has 2 aliphatic heterocycles. The molecule has 166 valence electrons. The summed E-state index contributed by atoms with van der Waals surface area (Å²) in [7, 11) is -3.01. The summed E-state index contributed by atoms with van der Waals surface area (Å²) in [5.41, 5.74) is 1.69. The monoisotopic (exact) mass is 445 g/mol. The molecule has 1 aromatic heterocycles. The zero-order valence-electron chi connectivity index (χ0n) is 17.4. The Kier molecular flexibility index (Phi) is 5.11. The van der Waals surface area contributed by atoms with Gasteiger partial charge >= 0.3 is 6.03 Å². The van der Waals surface area contributed by atoms with E-state index in [1.165, 1.54) is 12.8 Å². The fourth-order valence-electron chi connectivity index (χ4n) is 4.39. The van der Waals surface area contributed by atoms with E-state index in [4.69, 9.17) is 0 Å². The summed E-state index contributed by atoms with van der Waals surface area (Å²) in [5, 5.41) is 3.49. The van der Waals surface area contributed by atoms with Crippen LogP contribution in [0.1, 0.15) is 19.3 Å². The zero-order valence-corrected chi connectivity index (χ0v) is 18.2. The Labute approximate surface area is 181 Å². The molecule has 1 unspecified atom stereocenters. The highest BCUT2D eigenvalue weighted by Gasteiger charge is 2.31. The Balaban J connectivity index is 1.22. The van der Waals surface area contributed by atoms with Gasteiger partial charge in [0.15, 0.2) is 9.84 Å². The first-order chi connectivity index (χ1) is 14.9. The van der Waals surface area contributed by atoms with Crippen molar-refractivity contribution in [3.63, 3.8) is 0 Å². The molecule has 5 rings (SSSR count). The summed E-state index contributed by atoms with van der Waals surface area (Å²) in [6, 6.07) is 5.26. The average molecular weight is 446 g/mol. The van der Waals surface area contributed by atoms with Gasteiger partial charge in [-0.15, -0.1) is 0 Å². The third kappa shape index (κ3) is 4.39. The van der Waals surface area contributed by atoms with Gasteiger partial charge in [0, 0.05) is 44.5 Å². The molecule has 1 saturated carbocycles. The Bertz CT molecular complexity index is 1170. The minimum absolute atomic E-state index is 0.0128. The van der Waals surface area contributed by atoms with Gasteiger partial charge in [-0.1, -0.05) is 0 Å². The topological polar surface area (TPSA) is 105 Å². The van der Waals surface area contributed by atoms with Crippen LogP contribution in [0.4, 0.5) is 10.5 Å². The number of aromatic nitrogens is 2. The second kappa shape index (κ2) is 7.81. The highest BCUT2D eigenvalue weighted by Crippen LogP contribution is 2.30. The molecule has 2 aromatic rings. The van der Waals surface area contributed by atoms with Crippen LogP contribution in [0.2, 0.25) is 0 Å². The van der Waals surface area contributed by atoms with Gasteiger partial charge in [-0.05, 0) is 43.4 Å². The largest absolute Gasteiger partial charge is 0.368 e. The number of carbonyl (C=O) groups is 1. The lowest BCUT2D eigenvalue weighted by Gasteiger charge is -2.36. The van der Waals surface area contributed by atoms with E-state index >= 15 is 0 Å². The summed E-state index contributed by atoms with van der Waals surface area (Å²) in [5.74, 6) is 0.793. The number of amides is 2. The first kappa shape index (κ1) is 20.3. The van der Waals surface area contributed by atoms with Gasteiger partial charge in [-0.3, -0.25) is 9.36 Å². The molecule has 0 radical (unpaired) electrons. The van der Waals surface area contributed by atoms with Crippen molar-refractivity contribution in [1.29, 1.82) is 0 Å². The summed E-state index contributed by atoms with van der Waals surface area (Å²) < 4.78 is 24.9. The third-order valence-electron chi connectivity index (χ3n) is 6.45. The van der Waals surface area contributed by atoms with E-state index in [0.717, 1.165) is 12.2 Å². The van der Waals surface area contributed by atoms with E-state index < -0.39 is 9.84 Å². The molecule has 2 amide bonds. The van der Waals surface area contributed by atoms with Crippen molar-refractivity contribution in [3.8, 4) is 0 Å². The van der Waals surface area contributed by atoms with Crippen molar-refractivity contribution in [2.24, 2.45) is 5.92 Å². The van der Waals surface area contributed by atoms with Crippen molar-refractivity contribution in [2.75, 3.05) is 42.6 Å². The van der Waals surface area contributed by atoms with Crippen LogP contribution >= 0.6 is 0 Å². The number of sulfone groups is 1. The second-order valence-electron chi connectivity index (χ2n) is 8.87. The maximum atomic E-state index is 12.7. The minimum atomic E-state index is -3.01. The number of piperazine rings is 1. The number of fused-ring (bicyclic) bond motifs is 1. The number of nitrogens with one attached hydrogen (secondary N) is 1. The normalized spacial score (nSPS) is 23.3. The van der Waals surface area contributed by atoms with Crippen molar-refractivity contribution >= 4 is 32.5 Å². The Morgan fingerprint density at radius 3 is 2.58 bits per heavy atom. The van der Waals surface area contributed by atoms with Crippen molar-refractivity contribution in [3.05, 3.63) is 34.9 Å². The van der Waals surface area contributed by atoms with E-state index in [9.17, 15) is 18.0 Å². The zero-order chi connectivity index (χ0) is 21.6. The van der Waals surface area contributed by atoms with Gasteiger partial charge in [0.2, 0.25) is 0 Å². The number of rotatable bonds is 4. The highest BCUT2D eigenvalue weighted by atomic mass is 32.2. The first-order valence-electron chi connectivity index (χ1n) is 10.9. The predicted molar refractivity (Wildman–Crippen MR) is 118 cm³/mol. The summed E-state index contributed by atoms with van der Waals surface area (Å²) in [6.07, 6.45) is 4.51. The van der Waals surface area contributed by atoms with Crippen LogP contribution in [-0.4, -0.2) is 72.6 Å². The summed E-state index contributed by atoms with van der Waals surface area (Å²) in [4.78, 5) is 33.6. The minimum Gasteiger partial charge on any atom is -0.368 e. The van der Waals surface area contributed by atoms with Crippen molar-refractivity contribution in [2.45, 2.75) is 31.8 Å². The van der Waals surface area contributed by atoms with E-state index in [0.29, 0.717) is 49.4 Å². The van der Waals surface area contributed by atoms with Gasteiger partial charge in [0.25, 0.3) is 5.56 Å². The SMILES string of the molecule is O=C(NC1CCS(=O)(=O)C1)N1CCN(c2ccc3c(=O)n(CC4CC4)cnc3c2)CC1. The van der Waals surface area contributed by atoms with Crippen LogP contribution in [0.25, 0.3) is 10.9 Å². The van der Waals surface area contributed by atoms with Gasteiger partial charge in [-0.2, -0.15) is 0 Å². The van der Waals surface area contributed by atoms with E-state index in [-0.39, 0.29) is 29.1 Å². The van der Waals surface area contributed by atoms with E-state index in [2.05, 4.69) is 15.2 Å². The smallest absolute Gasteiger partial charge is 0.317 e. The van der Waals surface area contributed by atoms with Crippen molar-refractivity contribution in [1.82, 2.24) is 19.8 Å². The Hall–Kier alpha value is -2.62. The molecule has 1 aliphatic carbocycles. The van der Waals surface area contributed by atoms with Crippen LogP contribution in [0.3, 0.4) is 0 Å². The van der Waals surface area contributed by atoms with E-state index in [1.807, 2.05) is 18.2 Å². The predicted octanol–water partition coefficient (Wildman–Crippen LogP) is 0.825. The molecular formula is C21H27N5O4S. The number of carbonyl (C=O) groups excluding carboxylic acids is 1. The lowest BCUT2D eigenvalue weighted by atomic mass is 10.2. The molecule has 3 aliphatic rings. The lowest BCUT2D eigenvalue weighted by molar-refractivity contribution is 0.191. The number of hydrogen-bond donors (Lipinski definition) is 1. The second-order valence-corrected chi connectivity index (χ2v) is 11.1. The van der Waals surface area contributed by atoms with Crippen LogP contribution < -0.4 is 15.8 Å². The molecule has 31 heavy (non-hydrogen) atoms. The molecule has 9 nitrogen and oxygen atoms in total. The summed E-state index contributed by atoms with van der Waals surface area (Å²) >= 11 is 0. The third-order valence-corrected chi connectivity index (χ3v) is 8.22. The molecule has 1 atom stereocenters. The fraction of sp³-hybridized carbons (Fsp3) is 0.571. The molecule has 0 bridgehead atoms. The summed E-state index contributed by atoms with van der Waals surface area (Å²) in [6.45, 7) is 3.20. The number of benzene rings is 1. The molecule has 10 heteroatoms. The Morgan fingerprint density at radius 2 is 1.90 bits per heavy atom. The van der Waals surface area contributed by atoms with Gasteiger partial charge in [0.1, 0.15) is 0 Å². The van der Waals surface area contributed by atoms with Crippen LogP contribution in [-0.2, 0) is 16.4 Å². The molecule has 2 saturated heterocycles. The number of anilines is 1. The number of urea groups is 1. The van der Waals surface area contributed by atoms with Crippen LogP contribution in [0.5, 0.6) is 0 Å². The number of hydrogen-bond acceptors (Lipinski definition) is 6. The van der Waals surface area contributed by atoms with Crippen molar-refractivity contribution < 1.29 is 13.2 Å². The average Bonchev–Trinajstić information content (AvgIpc) is 3.51. The molecule has 0 spiro atoms. The van der Waals surface area contributed by atoms with Gasteiger partial charge in [-0.25, -0.2) is 18.2 Å². The van der Waals surface area contributed by atoms with Crippen LogP contribution in [0.15, 0.2) is 29.3 Å². The molecule has 1 aromatic carbocycles.